The van der Waals surface area contributed by atoms with Gasteiger partial charge in [-0.3, -0.25) is 9.59 Å². The van der Waals surface area contributed by atoms with Crippen LogP contribution in [0.25, 0.3) is 10.9 Å². The van der Waals surface area contributed by atoms with Crippen LogP contribution in [0.2, 0.25) is 0 Å². The highest BCUT2D eigenvalue weighted by molar-refractivity contribution is 5.95. The van der Waals surface area contributed by atoms with Gasteiger partial charge < -0.3 is 10.6 Å². The zero-order chi connectivity index (χ0) is 15.5. The van der Waals surface area contributed by atoms with E-state index in [9.17, 15) is 9.59 Å². The van der Waals surface area contributed by atoms with Crippen LogP contribution in [0.3, 0.4) is 0 Å². The number of piperidine rings is 1. The quantitative estimate of drug-likeness (QED) is 0.942. The van der Waals surface area contributed by atoms with Gasteiger partial charge in [0.05, 0.1) is 5.52 Å². The average molecular weight is 297 g/mol. The van der Waals surface area contributed by atoms with Crippen molar-refractivity contribution in [3.8, 4) is 0 Å². The Hall–Kier alpha value is -2.43. The number of carbonyl (C=O) groups is 2. The van der Waals surface area contributed by atoms with Gasteiger partial charge in [-0.2, -0.15) is 0 Å². The SMILES string of the molecule is NC(=O)C[C@@H]1CCCCN1C(=O)c1ccc2ccccc2n1. The van der Waals surface area contributed by atoms with Crippen LogP contribution in [0.5, 0.6) is 0 Å². The van der Waals surface area contributed by atoms with Crippen LogP contribution in [0.15, 0.2) is 36.4 Å². The molecule has 22 heavy (non-hydrogen) atoms. The van der Waals surface area contributed by atoms with Crippen molar-refractivity contribution < 1.29 is 9.59 Å². The predicted molar refractivity (Wildman–Crippen MR) is 84.2 cm³/mol. The molecule has 1 atom stereocenters. The molecule has 0 saturated carbocycles. The smallest absolute Gasteiger partial charge is 0.272 e. The number of aromatic nitrogens is 1. The Morgan fingerprint density at radius 3 is 2.82 bits per heavy atom. The molecule has 0 radical (unpaired) electrons. The number of fused-ring (bicyclic) bond motifs is 1. The molecular weight excluding hydrogens is 278 g/mol. The van der Waals surface area contributed by atoms with Crippen molar-refractivity contribution in [2.45, 2.75) is 31.7 Å². The molecule has 0 spiro atoms. The third kappa shape index (κ3) is 2.93. The molecule has 1 fully saturated rings. The molecule has 1 saturated heterocycles. The molecule has 2 N–H and O–H groups in total. The lowest BCUT2D eigenvalue weighted by Gasteiger charge is -2.35. The van der Waals surface area contributed by atoms with E-state index in [4.69, 9.17) is 5.73 Å². The normalized spacial score (nSPS) is 18.4. The summed E-state index contributed by atoms with van der Waals surface area (Å²) < 4.78 is 0. The molecule has 1 aliphatic rings. The molecule has 0 aliphatic carbocycles. The Bertz CT molecular complexity index is 714. The third-order valence-corrected chi connectivity index (χ3v) is 4.14. The second-order valence-corrected chi connectivity index (χ2v) is 5.71. The van der Waals surface area contributed by atoms with E-state index in [1.807, 2.05) is 30.3 Å². The maximum Gasteiger partial charge on any atom is 0.272 e. The first-order chi connectivity index (χ1) is 10.6. The largest absolute Gasteiger partial charge is 0.370 e. The van der Waals surface area contributed by atoms with Crippen LogP contribution >= 0.6 is 0 Å². The van der Waals surface area contributed by atoms with Crippen LogP contribution in [-0.2, 0) is 4.79 Å². The number of nitrogens with two attached hydrogens (primary N) is 1. The molecule has 2 amide bonds. The van der Waals surface area contributed by atoms with Gasteiger partial charge in [-0.25, -0.2) is 4.98 Å². The van der Waals surface area contributed by atoms with Gasteiger partial charge in [0.25, 0.3) is 5.91 Å². The van der Waals surface area contributed by atoms with Crippen LogP contribution in [0, 0.1) is 0 Å². The first-order valence-electron chi connectivity index (χ1n) is 7.60. The molecule has 2 aromatic rings. The first-order valence-corrected chi connectivity index (χ1v) is 7.60. The van der Waals surface area contributed by atoms with Crippen molar-refractivity contribution in [2.24, 2.45) is 5.73 Å². The van der Waals surface area contributed by atoms with Gasteiger partial charge in [-0.05, 0) is 31.4 Å². The summed E-state index contributed by atoms with van der Waals surface area (Å²) in [6, 6.07) is 11.3. The lowest BCUT2D eigenvalue weighted by molar-refractivity contribution is -0.119. The van der Waals surface area contributed by atoms with Crippen LogP contribution < -0.4 is 5.73 Å². The van der Waals surface area contributed by atoms with Crippen molar-refractivity contribution in [2.75, 3.05) is 6.54 Å². The number of rotatable bonds is 3. The number of para-hydroxylation sites is 1. The van der Waals surface area contributed by atoms with E-state index in [0.29, 0.717) is 12.2 Å². The van der Waals surface area contributed by atoms with Gasteiger partial charge in [-0.15, -0.1) is 0 Å². The minimum absolute atomic E-state index is 0.105. The Labute approximate surface area is 129 Å². The number of hydrogen-bond donors (Lipinski definition) is 1. The van der Waals surface area contributed by atoms with E-state index in [0.717, 1.165) is 30.2 Å². The van der Waals surface area contributed by atoms with Crippen molar-refractivity contribution in [3.63, 3.8) is 0 Å². The number of nitrogens with zero attached hydrogens (tertiary/aromatic N) is 2. The fraction of sp³-hybridized carbons (Fsp3) is 0.353. The summed E-state index contributed by atoms with van der Waals surface area (Å²) in [5, 5.41) is 1.01. The van der Waals surface area contributed by atoms with Crippen molar-refractivity contribution in [3.05, 3.63) is 42.1 Å². The van der Waals surface area contributed by atoms with Gasteiger partial charge in [0.15, 0.2) is 0 Å². The van der Waals surface area contributed by atoms with Crippen LogP contribution in [0.1, 0.15) is 36.2 Å². The molecule has 5 heteroatoms. The molecule has 1 aromatic carbocycles. The zero-order valence-electron chi connectivity index (χ0n) is 12.4. The Morgan fingerprint density at radius 1 is 1.18 bits per heavy atom. The third-order valence-electron chi connectivity index (χ3n) is 4.14. The second kappa shape index (κ2) is 6.13. The van der Waals surface area contributed by atoms with E-state index in [1.165, 1.54) is 0 Å². The highest BCUT2D eigenvalue weighted by atomic mass is 16.2. The van der Waals surface area contributed by atoms with Crippen molar-refractivity contribution in [1.82, 2.24) is 9.88 Å². The number of benzene rings is 1. The Morgan fingerprint density at radius 2 is 2.00 bits per heavy atom. The van der Waals surface area contributed by atoms with E-state index in [-0.39, 0.29) is 24.3 Å². The topological polar surface area (TPSA) is 76.3 Å². The minimum atomic E-state index is -0.365. The number of pyridine rings is 1. The molecule has 0 bridgehead atoms. The summed E-state index contributed by atoms with van der Waals surface area (Å²) >= 11 is 0. The van der Waals surface area contributed by atoms with Gasteiger partial charge >= 0.3 is 0 Å². The summed E-state index contributed by atoms with van der Waals surface area (Å²) in [5.74, 6) is -0.479. The van der Waals surface area contributed by atoms with Gasteiger partial charge in [-0.1, -0.05) is 24.3 Å². The summed E-state index contributed by atoms with van der Waals surface area (Å²) in [6.07, 6.45) is 3.02. The van der Waals surface area contributed by atoms with E-state index in [2.05, 4.69) is 4.98 Å². The van der Waals surface area contributed by atoms with Crippen molar-refractivity contribution in [1.29, 1.82) is 0 Å². The van der Waals surface area contributed by atoms with Gasteiger partial charge in [0.2, 0.25) is 5.91 Å². The molecule has 0 unspecified atom stereocenters. The summed E-state index contributed by atoms with van der Waals surface area (Å²) in [7, 11) is 0. The lowest BCUT2D eigenvalue weighted by Crippen LogP contribution is -2.45. The van der Waals surface area contributed by atoms with Crippen molar-refractivity contribution >= 4 is 22.7 Å². The van der Waals surface area contributed by atoms with E-state index in [1.54, 1.807) is 11.0 Å². The summed E-state index contributed by atoms with van der Waals surface area (Å²) in [6.45, 7) is 0.658. The number of likely N-dealkylation sites (tertiary alicyclic amines) is 1. The highest BCUT2D eigenvalue weighted by Gasteiger charge is 2.29. The second-order valence-electron chi connectivity index (χ2n) is 5.71. The number of amides is 2. The average Bonchev–Trinajstić information content (AvgIpc) is 2.54. The standard InChI is InChI=1S/C17H19N3O2/c18-16(21)11-13-6-3-4-10-20(13)17(22)15-9-8-12-5-1-2-7-14(12)19-15/h1-2,5,7-9,13H,3-4,6,10-11H2,(H2,18,21)/t13-/m0/s1. The van der Waals surface area contributed by atoms with Crippen LogP contribution in [0.4, 0.5) is 0 Å². The predicted octanol–water partition coefficient (Wildman–Crippen LogP) is 2.10. The maximum atomic E-state index is 12.7. The summed E-state index contributed by atoms with van der Waals surface area (Å²) in [5.41, 5.74) is 6.53. The van der Waals surface area contributed by atoms with E-state index < -0.39 is 0 Å². The lowest BCUT2D eigenvalue weighted by atomic mass is 9.98. The zero-order valence-corrected chi connectivity index (χ0v) is 12.4. The number of hydrogen-bond acceptors (Lipinski definition) is 3. The highest BCUT2D eigenvalue weighted by Crippen LogP contribution is 2.22. The van der Waals surface area contributed by atoms with Crippen LogP contribution in [-0.4, -0.2) is 34.3 Å². The molecular formula is C17H19N3O2. The maximum absolute atomic E-state index is 12.7. The molecule has 5 nitrogen and oxygen atoms in total. The fourth-order valence-electron chi connectivity index (χ4n) is 3.04. The fourth-order valence-corrected chi connectivity index (χ4v) is 3.04. The minimum Gasteiger partial charge on any atom is -0.370 e. The Balaban J connectivity index is 1.87. The monoisotopic (exact) mass is 297 g/mol. The molecule has 3 rings (SSSR count). The first kappa shape index (κ1) is 14.5. The number of carbonyl (C=O) groups excluding carboxylic acids is 2. The number of primary amides is 1. The van der Waals surface area contributed by atoms with E-state index >= 15 is 0 Å². The van der Waals surface area contributed by atoms with Gasteiger partial charge in [0, 0.05) is 24.4 Å². The molecule has 2 heterocycles. The Kier molecular flexibility index (Phi) is 4.04. The summed E-state index contributed by atoms with van der Waals surface area (Å²) in [4.78, 5) is 30.2. The van der Waals surface area contributed by atoms with Gasteiger partial charge in [0.1, 0.15) is 5.69 Å². The molecule has 1 aliphatic heterocycles. The molecule has 114 valence electrons. The molecule has 1 aromatic heterocycles.